The molecule has 29 heavy (non-hydrogen) atoms. The molecule has 0 aromatic heterocycles. The molecule has 3 aliphatic heterocycles. The number of carbonyl (C=O) groups excluding carboxylic acids is 4. The van der Waals surface area contributed by atoms with Crippen molar-refractivity contribution in [1.29, 1.82) is 0 Å². The number of fused-ring (bicyclic) bond motifs is 1. The van der Waals surface area contributed by atoms with Crippen LogP contribution in [-0.4, -0.2) is 59.6 Å². The van der Waals surface area contributed by atoms with Crippen LogP contribution in [0.3, 0.4) is 0 Å². The van der Waals surface area contributed by atoms with E-state index in [0.29, 0.717) is 13.1 Å². The minimum absolute atomic E-state index is 0.0627. The number of alkyl halides is 2. The van der Waals surface area contributed by atoms with Gasteiger partial charge >= 0.3 is 0 Å². The van der Waals surface area contributed by atoms with Crippen molar-refractivity contribution in [1.82, 2.24) is 20.9 Å². The van der Waals surface area contributed by atoms with E-state index in [1.165, 1.54) is 6.07 Å². The largest absolute Gasteiger partial charge is 0.311 e. The molecule has 0 radical (unpaired) electrons. The predicted octanol–water partition coefficient (Wildman–Crippen LogP) is 0.175. The Morgan fingerprint density at radius 1 is 1.14 bits per heavy atom. The summed E-state index contributed by atoms with van der Waals surface area (Å²) in [7, 11) is 0. The van der Waals surface area contributed by atoms with Gasteiger partial charge in [-0.3, -0.25) is 29.4 Å². The molecule has 0 aliphatic carbocycles. The van der Waals surface area contributed by atoms with E-state index in [2.05, 4.69) is 16.0 Å². The average Bonchev–Trinajstić information content (AvgIpc) is 3.13. The first kappa shape index (κ1) is 19.6. The lowest BCUT2D eigenvalue weighted by molar-refractivity contribution is -0.136. The SMILES string of the molecule is O=C1CCC(N2C(=O)c3ccc(CNC[C@@H]4CC(F)(F)CN4)cc3C2=O)C(=O)N1. The van der Waals surface area contributed by atoms with Crippen LogP contribution in [0.5, 0.6) is 0 Å². The smallest absolute Gasteiger partial charge is 0.262 e. The first-order valence-electron chi connectivity index (χ1n) is 9.41. The maximum atomic E-state index is 13.2. The maximum absolute atomic E-state index is 13.2. The lowest BCUT2D eigenvalue weighted by atomic mass is 10.0. The lowest BCUT2D eigenvalue weighted by Crippen LogP contribution is -2.54. The fraction of sp³-hybridized carbons (Fsp3) is 0.474. The molecule has 8 nitrogen and oxygen atoms in total. The molecule has 1 aromatic carbocycles. The summed E-state index contributed by atoms with van der Waals surface area (Å²) in [6.45, 7) is 0.365. The van der Waals surface area contributed by atoms with Gasteiger partial charge in [-0.25, -0.2) is 8.78 Å². The van der Waals surface area contributed by atoms with Crippen LogP contribution in [-0.2, 0) is 16.1 Å². The van der Waals surface area contributed by atoms with E-state index in [0.717, 1.165) is 10.5 Å². The van der Waals surface area contributed by atoms with Gasteiger partial charge < -0.3 is 10.6 Å². The van der Waals surface area contributed by atoms with Crippen molar-refractivity contribution in [3.63, 3.8) is 0 Å². The molecule has 154 valence electrons. The Morgan fingerprint density at radius 2 is 1.90 bits per heavy atom. The van der Waals surface area contributed by atoms with Crippen molar-refractivity contribution in [3.05, 3.63) is 34.9 Å². The molecule has 4 rings (SSSR count). The Balaban J connectivity index is 1.42. The van der Waals surface area contributed by atoms with Crippen LogP contribution in [0, 0.1) is 0 Å². The topological polar surface area (TPSA) is 108 Å². The van der Waals surface area contributed by atoms with E-state index in [1.54, 1.807) is 12.1 Å². The number of rotatable bonds is 5. The van der Waals surface area contributed by atoms with Crippen LogP contribution in [0.2, 0.25) is 0 Å². The molecule has 0 saturated carbocycles. The van der Waals surface area contributed by atoms with Crippen LogP contribution >= 0.6 is 0 Å². The highest BCUT2D eigenvalue weighted by molar-refractivity contribution is 6.23. The number of benzene rings is 1. The van der Waals surface area contributed by atoms with E-state index in [4.69, 9.17) is 0 Å². The molecule has 0 bridgehead atoms. The summed E-state index contributed by atoms with van der Waals surface area (Å²) in [5.74, 6) is -4.90. The van der Waals surface area contributed by atoms with Crippen molar-refractivity contribution >= 4 is 23.6 Å². The molecule has 2 saturated heterocycles. The van der Waals surface area contributed by atoms with Gasteiger partial charge in [0.05, 0.1) is 17.7 Å². The minimum Gasteiger partial charge on any atom is -0.311 e. The van der Waals surface area contributed by atoms with Gasteiger partial charge in [0.15, 0.2) is 0 Å². The summed E-state index contributed by atoms with van der Waals surface area (Å²) in [5.41, 5.74) is 1.13. The summed E-state index contributed by atoms with van der Waals surface area (Å²) in [4.78, 5) is 49.7. The van der Waals surface area contributed by atoms with E-state index in [1.807, 2.05) is 0 Å². The second kappa shape index (κ2) is 7.27. The van der Waals surface area contributed by atoms with Gasteiger partial charge in [-0.1, -0.05) is 6.07 Å². The predicted molar refractivity (Wildman–Crippen MR) is 96.2 cm³/mol. The molecule has 3 N–H and O–H groups in total. The number of hydrogen-bond acceptors (Lipinski definition) is 6. The molecule has 1 unspecified atom stereocenters. The van der Waals surface area contributed by atoms with Crippen LogP contribution in [0.15, 0.2) is 18.2 Å². The quantitative estimate of drug-likeness (QED) is 0.602. The summed E-state index contributed by atoms with van der Waals surface area (Å²) in [5, 5.41) is 7.99. The van der Waals surface area contributed by atoms with E-state index < -0.39 is 35.6 Å². The average molecular weight is 406 g/mol. The molecule has 4 amide bonds. The zero-order valence-corrected chi connectivity index (χ0v) is 15.5. The number of piperidine rings is 1. The van der Waals surface area contributed by atoms with Crippen molar-refractivity contribution < 1.29 is 28.0 Å². The Kier molecular flexibility index (Phi) is 4.91. The second-order valence-corrected chi connectivity index (χ2v) is 7.60. The Bertz CT molecular complexity index is 904. The third-order valence-corrected chi connectivity index (χ3v) is 5.42. The Morgan fingerprint density at radius 3 is 2.59 bits per heavy atom. The summed E-state index contributed by atoms with van der Waals surface area (Å²) in [6, 6.07) is 3.45. The molecule has 2 fully saturated rings. The fourth-order valence-corrected chi connectivity index (χ4v) is 3.96. The van der Waals surface area contributed by atoms with Crippen molar-refractivity contribution in [2.24, 2.45) is 0 Å². The molecular weight excluding hydrogens is 386 g/mol. The van der Waals surface area contributed by atoms with Gasteiger partial charge in [0.1, 0.15) is 6.04 Å². The molecule has 0 spiro atoms. The molecule has 1 aromatic rings. The van der Waals surface area contributed by atoms with Gasteiger partial charge in [0.2, 0.25) is 11.8 Å². The second-order valence-electron chi connectivity index (χ2n) is 7.60. The number of nitrogens with zero attached hydrogens (tertiary/aromatic N) is 1. The third kappa shape index (κ3) is 3.77. The minimum atomic E-state index is -2.69. The highest BCUT2D eigenvalue weighted by Crippen LogP contribution is 2.28. The molecular formula is C19H20F2N4O4. The van der Waals surface area contributed by atoms with Crippen molar-refractivity contribution in [3.8, 4) is 0 Å². The normalized spacial score (nSPS) is 26.1. The van der Waals surface area contributed by atoms with E-state index in [-0.39, 0.29) is 43.0 Å². The Hall–Kier alpha value is -2.72. The van der Waals surface area contributed by atoms with Gasteiger partial charge in [-0.05, 0) is 24.1 Å². The Labute approximate surface area is 165 Å². The molecule has 3 heterocycles. The van der Waals surface area contributed by atoms with E-state index in [9.17, 15) is 28.0 Å². The lowest BCUT2D eigenvalue weighted by Gasteiger charge is -2.27. The number of amides is 4. The standard InChI is InChI=1S/C19H20F2N4O4/c20-19(21)6-11(23-9-19)8-22-7-10-1-2-12-13(5-10)18(29)25(17(12)28)14-3-4-15(26)24-16(14)27/h1-2,5,11,14,22-23H,3-4,6-9H2,(H,24,26,27)/t11-,14?/m0/s1. The summed E-state index contributed by atoms with van der Waals surface area (Å²) in [6.07, 6.45) is -0.0606. The monoisotopic (exact) mass is 406 g/mol. The number of hydrogen-bond donors (Lipinski definition) is 3. The van der Waals surface area contributed by atoms with Crippen LogP contribution in [0.4, 0.5) is 8.78 Å². The number of halogens is 2. The number of imide groups is 2. The van der Waals surface area contributed by atoms with Gasteiger partial charge in [0, 0.05) is 32.0 Å². The number of carbonyl (C=O) groups is 4. The zero-order chi connectivity index (χ0) is 20.8. The van der Waals surface area contributed by atoms with Crippen LogP contribution < -0.4 is 16.0 Å². The van der Waals surface area contributed by atoms with Gasteiger partial charge in [-0.15, -0.1) is 0 Å². The van der Waals surface area contributed by atoms with Gasteiger partial charge in [-0.2, -0.15) is 0 Å². The summed E-state index contributed by atoms with van der Waals surface area (Å²) >= 11 is 0. The van der Waals surface area contributed by atoms with Gasteiger partial charge in [0.25, 0.3) is 17.7 Å². The van der Waals surface area contributed by atoms with Crippen molar-refractivity contribution in [2.45, 2.75) is 43.8 Å². The first-order chi connectivity index (χ1) is 13.7. The summed E-state index contributed by atoms with van der Waals surface area (Å²) < 4.78 is 26.4. The van der Waals surface area contributed by atoms with Crippen molar-refractivity contribution in [2.75, 3.05) is 13.1 Å². The van der Waals surface area contributed by atoms with E-state index >= 15 is 0 Å². The molecule has 10 heteroatoms. The van der Waals surface area contributed by atoms with Crippen LogP contribution in [0.25, 0.3) is 0 Å². The first-order valence-corrected chi connectivity index (χ1v) is 9.41. The van der Waals surface area contributed by atoms with Crippen LogP contribution in [0.1, 0.15) is 45.5 Å². The molecule has 3 aliphatic rings. The highest BCUT2D eigenvalue weighted by atomic mass is 19.3. The highest BCUT2D eigenvalue weighted by Gasteiger charge is 2.44. The fourth-order valence-electron chi connectivity index (χ4n) is 3.96. The third-order valence-electron chi connectivity index (χ3n) is 5.42. The molecule has 2 atom stereocenters. The number of nitrogens with one attached hydrogen (secondary N) is 3. The maximum Gasteiger partial charge on any atom is 0.262 e. The zero-order valence-electron chi connectivity index (χ0n) is 15.5.